The first kappa shape index (κ1) is 21.6. The molecule has 0 saturated carbocycles. The van der Waals surface area contributed by atoms with E-state index in [-0.39, 0.29) is 18.0 Å². The van der Waals surface area contributed by atoms with Gasteiger partial charge in [-0.3, -0.25) is 9.59 Å². The fourth-order valence-electron chi connectivity index (χ4n) is 2.96. The molecule has 0 fully saturated rings. The van der Waals surface area contributed by atoms with Crippen molar-refractivity contribution in [2.24, 2.45) is 5.73 Å². The van der Waals surface area contributed by atoms with Gasteiger partial charge in [-0.05, 0) is 54.2 Å². The number of carbonyl (C=O) groups is 2. The van der Waals surface area contributed by atoms with Crippen LogP contribution < -0.4 is 11.1 Å². The zero-order valence-electron chi connectivity index (χ0n) is 16.1. The summed E-state index contributed by atoms with van der Waals surface area (Å²) < 4.78 is 27.1. The molecular formula is C22H21F2N3O2S. The first-order valence-electron chi connectivity index (χ1n) is 9.35. The molecule has 2 aromatic carbocycles. The number of nitrogens with zero attached hydrogens (tertiary/aromatic N) is 1. The predicted molar refractivity (Wildman–Crippen MR) is 113 cm³/mol. The number of carbonyl (C=O) groups excluding carboxylic acids is 2. The Labute approximate surface area is 177 Å². The number of rotatable bonds is 8. The Hall–Kier alpha value is -3.10. The zero-order chi connectivity index (χ0) is 21.5. The third kappa shape index (κ3) is 5.71. The van der Waals surface area contributed by atoms with E-state index in [9.17, 15) is 18.4 Å². The molecule has 0 aliphatic carbocycles. The van der Waals surface area contributed by atoms with Crippen LogP contribution in [0.3, 0.4) is 0 Å². The number of halogens is 2. The van der Waals surface area contributed by atoms with Crippen LogP contribution in [0.2, 0.25) is 0 Å². The maximum atomic E-state index is 13.6. The third-order valence-corrected chi connectivity index (χ3v) is 5.20. The normalized spacial score (nSPS) is 10.6. The van der Waals surface area contributed by atoms with Crippen molar-refractivity contribution in [3.05, 3.63) is 87.6 Å². The molecule has 1 aromatic heterocycles. The SMILES string of the molecule is NCCCN(Cc1cccc(NC(=O)c2cccs2)c1)C(=O)c1cc(F)cc(F)c1. The van der Waals surface area contributed by atoms with Gasteiger partial charge < -0.3 is 16.0 Å². The summed E-state index contributed by atoms with van der Waals surface area (Å²) in [6.45, 7) is 0.914. The number of hydrogen-bond acceptors (Lipinski definition) is 4. The standard InChI is InChI=1S/C22H21F2N3O2S/c23-17-11-16(12-18(24)13-17)22(29)27(8-3-7-25)14-15-4-1-5-19(10-15)26-21(28)20-6-2-9-30-20/h1-2,4-6,9-13H,3,7-8,14,25H2,(H,26,28). The van der Waals surface area contributed by atoms with E-state index >= 15 is 0 Å². The van der Waals surface area contributed by atoms with E-state index in [0.29, 0.717) is 30.1 Å². The van der Waals surface area contributed by atoms with Crippen LogP contribution >= 0.6 is 11.3 Å². The van der Waals surface area contributed by atoms with E-state index in [4.69, 9.17) is 5.73 Å². The Bertz CT molecular complexity index is 1000. The molecule has 1 heterocycles. The van der Waals surface area contributed by atoms with Gasteiger partial charge in [-0.25, -0.2) is 8.78 Å². The lowest BCUT2D eigenvalue weighted by atomic mass is 10.1. The van der Waals surface area contributed by atoms with Crippen LogP contribution in [0.25, 0.3) is 0 Å². The summed E-state index contributed by atoms with van der Waals surface area (Å²) in [4.78, 5) is 27.2. The van der Waals surface area contributed by atoms with Gasteiger partial charge in [-0.1, -0.05) is 18.2 Å². The highest BCUT2D eigenvalue weighted by atomic mass is 32.1. The molecule has 0 spiro atoms. The predicted octanol–water partition coefficient (Wildman–Crippen LogP) is 4.27. The number of benzene rings is 2. The van der Waals surface area contributed by atoms with Crippen molar-refractivity contribution in [2.75, 3.05) is 18.4 Å². The number of nitrogens with two attached hydrogens (primary N) is 1. The Morgan fingerprint density at radius 1 is 1.03 bits per heavy atom. The summed E-state index contributed by atoms with van der Waals surface area (Å²) >= 11 is 1.34. The summed E-state index contributed by atoms with van der Waals surface area (Å²) in [6, 6.07) is 13.4. The molecule has 3 N–H and O–H groups in total. The van der Waals surface area contributed by atoms with Gasteiger partial charge in [0.1, 0.15) is 11.6 Å². The van der Waals surface area contributed by atoms with Gasteiger partial charge in [0.05, 0.1) is 4.88 Å². The number of amides is 2. The average Bonchev–Trinajstić information content (AvgIpc) is 3.25. The highest BCUT2D eigenvalue weighted by Crippen LogP contribution is 2.18. The van der Waals surface area contributed by atoms with E-state index < -0.39 is 17.5 Å². The second-order valence-electron chi connectivity index (χ2n) is 6.66. The van der Waals surface area contributed by atoms with Gasteiger partial charge >= 0.3 is 0 Å². The molecule has 8 heteroatoms. The molecule has 3 aromatic rings. The highest BCUT2D eigenvalue weighted by Gasteiger charge is 2.18. The molecule has 30 heavy (non-hydrogen) atoms. The molecule has 5 nitrogen and oxygen atoms in total. The molecule has 0 unspecified atom stereocenters. The average molecular weight is 429 g/mol. The first-order valence-corrected chi connectivity index (χ1v) is 10.2. The van der Waals surface area contributed by atoms with Gasteiger partial charge in [0.15, 0.2) is 0 Å². The van der Waals surface area contributed by atoms with Crippen molar-refractivity contribution < 1.29 is 18.4 Å². The van der Waals surface area contributed by atoms with Crippen molar-refractivity contribution >= 4 is 28.8 Å². The number of anilines is 1. The van der Waals surface area contributed by atoms with Crippen molar-refractivity contribution in [1.29, 1.82) is 0 Å². The summed E-state index contributed by atoms with van der Waals surface area (Å²) in [5.74, 6) is -2.32. The molecule has 0 saturated heterocycles. The lowest BCUT2D eigenvalue weighted by molar-refractivity contribution is 0.0741. The van der Waals surface area contributed by atoms with E-state index in [0.717, 1.165) is 23.8 Å². The van der Waals surface area contributed by atoms with Gasteiger partial charge in [-0.2, -0.15) is 0 Å². The van der Waals surface area contributed by atoms with Gasteiger partial charge in [0.25, 0.3) is 11.8 Å². The van der Waals surface area contributed by atoms with Crippen LogP contribution in [0.15, 0.2) is 60.0 Å². The molecule has 0 radical (unpaired) electrons. The van der Waals surface area contributed by atoms with Gasteiger partial charge in [0, 0.05) is 30.4 Å². The molecular weight excluding hydrogens is 408 g/mol. The topological polar surface area (TPSA) is 75.4 Å². The lowest BCUT2D eigenvalue weighted by Crippen LogP contribution is -2.32. The fraction of sp³-hybridized carbons (Fsp3) is 0.182. The van der Waals surface area contributed by atoms with Crippen LogP contribution in [0.4, 0.5) is 14.5 Å². The van der Waals surface area contributed by atoms with Crippen LogP contribution in [-0.2, 0) is 6.54 Å². The third-order valence-electron chi connectivity index (χ3n) is 4.33. The smallest absolute Gasteiger partial charge is 0.265 e. The maximum absolute atomic E-state index is 13.6. The van der Waals surface area contributed by atoms with E-state index in [1.54, 1.807) is 30.3 Å². The fourth-order valence-corrected chi connectivity index (χ4v) is 3.58. The van der Waals surface area contributed by atoms with Crippen molar-refractivity contribution in [2.45, 2.75) is 13.0 Å². The van der Waals surface area contributed by atoms with Crippen LogP contribution in [0, 0.1) is 11.6 Å². The number of nitrogens with one attached hydrogen (secondary N) is 1. The number of hydrogen-bond donors (Lipinski definition) is 2. The summed E-state index contributed by atoms with van der Waals surface area (Å²) in [7, 11) is 0. The van der Waals surface area contributed by atoms with E-state index in [1.807, 2.05) is 11.4 Å². The van der Waals surface area contributed by atoms with Gasteiger partial charge in [-0.15, -0.1) is 11.3 Å². The Morgan fingerprint density at radius 3 is 2.47 bits per heavy atom. The Balaban J connectivity index is 1.77. The summed E-state index contributed by atoms with van der Waals surface area (Å²) in [6.07, 6.45) is 0.540. The minimum Gasteiger partial charge on any atom is -0.334 e. The molecule has 0 atom stereocenters. The van der Waals surface area contributed by atoms with Crippen molar-refractivity contribution in [1.82, 2.24) is 4.90 Å². The zero-order valence-corrected chi connectivity index (χ0v) is 16.9. The Kier molecular flexibility index (Phi) is 7.26. The molecule has 156 valence electrons. The van der Waals surface area contributed by atoms with Crippen molar-refractivity contribution in [3.8, 4) is 0 Å². The minimum absolute atomic E-state index is 0.0633. The van der Waals surface area contributed by atoms with E-state index in [1.165, 1.54) is 16.2 Å². The largest absolute Gasteiger partial charge is 0.334 e. The number of thiophene rings is 1. The first-order chi connectivity index (χ1) is 14.5. The van der Waals surface area contributed by atoms with E-state index in [2.05, 4.69) is 5.32 Å². The lowest BCUT2D eigenvalue weighted by Gasteiger charge is -2.23. The highest BCUT2D eigenvalue weighted by molar-refractivity contribution is 7.12. The second-order valence-corrected chi connectivity index (χ2v) is 7.61. The van der Waals surface area contributed by atoms with Crippen LogP contribution in [0.5, 0.6) is 0 Å². The Morgan fingerprint density at radius 2 is 1.80 bits per heavy atom. The minimum atomic E-state index is -0.810. The summed E-state index contributed by atoms with van der Waals surface area (Å²) in [5, 5.41) is 4.65. The summed E-state index contributed by atoms with van der Waals surface area (Å²) in [5.41, 5.74) is 6.87. The molecule has 3 rings (SSSR count). The molecule has 2 amide bonds. The molecule has 0 aliphatic rings. The molecule has 0 aliphatic heterocycles. The van der Waals surface area contributed by atoms with Gasteiger partial charge in [0.2, 0.25) is 0 Å². The molecule has 0 bridgehead atoms. The van der Waals surface area contributed by atoms with Crippen LogP contribution in [0.1, 0.15) is 32.0 Å². The van der Waals surface area contributed by atoms with Crippen molar-refractivity contribution in [3.63, 3.8) is 0 Å². The van der Waals surface area contributed by atoms with Crippen LogP contribution in [-0.4, -0.2) is 29.8 Å². The second kappa shape index (κ2) is 10.1. The monoisotopic (exact) mass is 429 g/mol. The maximum Gasteiger partial charge on any atom is 0.265 e. The quantitative estimate of drug-likeness (QED) is 0.562.